The molecule has 0 N–H and O–H groups in total. The molecular formula is C16H10F20O2. The summed E-state index contributed by atoms with van der Waals surface area (Å²) in [5.74, 6) is -52.0. The summed E-state index contributed by atoms with van der Waals surface area (Å²) in [6, 6.07) is 0. The number of esters is 1. The lowest BCUT2D eigenvalue weighted by Gasteiger charge is -2.42. The number of rotatable bonds is 11. The predicted octanol–water partition coefficient (Wildman–Crippen LogP) is 8.18. The summed E-state index contributed by atoms with van der Waals surface area (Å²) in [5.41, 5.74) is -1.73. The number of halogens is 20. The molecule has 0 radical (unpaired) electrons. The number of ether oxygens (including phenoxy) is 1. The molecule has 0 aliphatic rings. The largest absolute Gasteiger partial charge is 0.473 e. The van der Waals surface area contributed by atoms with Crippen LogP contribution in [0, 0.1) is 0 Å². The van der Waals surface area contributed by atoms with Gasteiger partial charge in [-0.1, -0.05) is 6.08 Å². The molecule has 0 fully saturated rings. The van der Waals surface area contributed by atoms with Gasteiger partial charge < -0.3 is 4.74 Å². The summed E-state index contributed by atoms with van der Waals surface area (Å²) < 4.78 is 264. The lowest BCUT2D eigenvalue weighted by atomic mass is 9.89. The van der Waals surface area contributed by atoms with E-state index in [1.54, 1.807) is 0 Å². The Balaban J connectivity index is 6.42. The quantitative estimate of drug-likeness (QED) is 0.133. The van der Waals surface area contributed by atoms with Crippen molar-refractivity contribution in [3.8, 4) is 0 Å². The number of carbonyl (C=O) groups excluding carboxylic acids is 1. The van der Waals surface area contributed by atoms with Crippen molar-refractivity contribution in [1.29, 1.82) is 0 Å². The minimum Gasteiger partial charge on any atom is -0.393 e. The van der Waals surface area contributed by atoms with Gasteiger partial charge in [-0.05, 0) is 6.92 Å². The molecule has 226 valence electrons. The second kappa shape index (κ2) is 10.1. The van der Waals surface area contributed by atoms with Crippen LogP contribution in [0.3, 0.4) is 0 Å². The Labute approximate surface area is 196 Å². The van der Waals surface area contributed by atoms with Crippen molar-refractivity contribution in [2.45, 2.75) is 80.2 Å². The van der Waals surface area contributed by atoms with Gasteiger partial charge in [-0.15, -0.1) is 0 Å². The van der Waals surface area contributed by atoms with E-state index in [2.05, 4.69) is 4.74 Å². The summed E-state index contributed by atoms with van der Waals surface area (Å²) in [5, 5.41) is 0. The van der Waals surface area contributed by atoms with Crippen molar-refractivity contribution < 1.29 is 97.3 Å². The molecule has 38 heavy (non-hydrogen) atoms. The summed E-state index contributed by atoms with van der Waals surface area (Å²) in [7, 11) is 0. The van der Waals surface area contributed by atoms with E-state index in [4.69, 9.17) is 0 Å². The van der Waals surface area contributed by atoms with E-state index in [-0.39, 0.29) is 13.0 Å². The maximum atomic E-state index is 13.6. The van der Waals surface area contributed by atoms with Crippen molar-refractivity contribution >= 4 is 5.97 Å². The molecular weight excluding hydrogens is 604 g/mol. The van der Waals surface area contributed by atoms with Gasteiger partial charge in [-0.25, -0.2) is 4.79 Å². The first-order valence-corrected chi connectivity index (χ1v) is 8.90. The van der Waals surface area contributed by atoms with Gasteiger partial charge in [-0.3, -0.25) is 0 Å². The molecule has 2 nitrogen and oxygen atoms in total. The van der Waals surface area contributed by atoms with E-state index >= 15 is 0 Å². The zero-order valence-corrected chi connectivity index (χ0v) is 17.6. The molecule has 0 saturated heterocycles. The fourth-order valence-corrected chi connectivity index (χ4v) is 2.07. The third-order valence-corrected chi connectivity index (χ3v) is 4.31. The van der Waals surface area contributed by atoms with E-state index in [0.717, 1.165) is 0 Å². The lowest BCUT2D eigenvalue weighted by Crippen LogP contribution is -2.73. The van der Waals surface area contributed by atoms with Crippen LogP contribution in [0.2, 0.25) is 0 Å². The van der Waals surface area contributed by atoms with E-state index in [1.165, 1.54) is 0 Å². The van der Waals surface area contributed by atoms with Gasteiger partial charge in [0, 0.05) is 18.4 Å². The standard InChI is InChI=1S/C16H10F20O2/c1-6(2-3-9(19,20)21)7(37)38-16(35,36)15(33,34)14(31,32)13(29,30)12(27,28)11(25,26)8(17,18)4-5-10(22,23)24/h2H,3-5H2,1H3. The smallest absolute Gasteiger partial charge is 0.393 e. The van der Waals surface area contributed by atoms with Gasteiger partial charge in [0.25, 0.3) is 0 Å². The van der Waals surface area contributed by atoms with E-state index in [1.807, 2.05) is 0 Å². The van der Waals surface area contributed by atoms with Gasteiger partial charge in [0.05, 0.1) is 6.42 Å². The maximum Gasteiger partial charge on any atom is 0.473 e. The molecule has 0 rings (SSSR count). The Kier molecular flexibility index (Phi) is 9.51. The minimum absolute atomic E-state index is 0.0901. The van der Waals surface area contributed by atoms with E-state index in [9.17, 15) is 92.6 Å². The van der Waals surface area contributed by atoms with E-state index < -0.39 is 84.8 Å². The summed E-state index contributed by atoms with van der Waals surface area (Å²) >= 11 is 0. The highest BCUT2D eigenvalue weighted by atomic mass is 19.4. The summed E-state index contributed by atoms with van der Waals surface area (Å²) in [6.07, 6.45) is -27.6. The van der Waals surface area contributed by atoms with Crippen LogP contribution in [0.1, 0.15) is 26.2 Å². The van der Waals surface area contributed by atoms with Crippen LogP contribution < -0.4 is 0 Å². The third-order valence-electron chi connectivity index (χ3n) is 4.31. The highest BCUT2D eigenvalue weighted by Gasteiger charge is 2.93. The number of hydrogen-bond acceptors (Lipinski definition) is 2. The molecule has 0 aliphatic carbocycles. The molecule has 22 heteroatoms. The van der Waals surface area contributed by atoms with Crippen LogP contribution >= 0.6 is 0 Å². The summed E-state index contributed by atoms with van der Waals surface area (Å²) in [4.78, 5) is 11.2. The molecule has 0 atom stereocenters. The second-order valence-electron chi connectivity index (χ2n) is 7.30. The van der Waals surface area contributed by atoms with Crippen molar-refractivity contribution in [3.63, 3.8) is 0 Å². The average molecular weight is 614 g/mol. The fourth-order valence-electron chi connectivity index (χ4n) is 2.07. The predicted molar refractivity (Wildman–Crippen MR) is 80.4 cm³/mol. The Hall–Kier alpha value is -2.19. The molecule has 0 bridgehead atoms. The minimum atomic E-state index is -8.65. The molecule has 0 aliphatic heterocycles. The molecule has 0 unspecified atom stereocenters. The maximum absolute atomic E-state index is 13.6. The highest BCUT2D eigenvalue weighted by Crippen LogP contribution is 2.63. The molecule has 0 spiro atoms. The third kappa shape index (κ3) is 6.68. The van der Waals surface area contributed by atoms with Gasteiger partial charge in [0.15, 0.2) is 0 Å². The van der Waals surface area contributed by atoms with Crippen LogP contribution in [0.25, 0.3) is 0 Å². The van der Waals surface area contributed by atoms with Crippen LogP contribution in [0.4, 0.5) is 87.8 Å². The van der Waals surface area contributed by atoms with Crippen molar-refractivity contribution in [3.05, 3.63) is 11.6 Å². The number of carbonyl (C=O) groups is 1. The van der Waals surface area contributed by atoms with Crippen molar-refractivity contribution in [1.82, 2.24) is 0 Å². The van der Waals surface area contributed by atoms with Crippen LogP contribution in [-0.2, 0) is 9.53 Å². The Morgan fingerprint density at radius 3 is 1.29 bits per heavy atom. The summed E-state index contributed by atoms with van der Waals surface area (Å²) in [6.45, 7) is 0.0901. The Morgan fingerprint density at radius 1 is 0.553 bits per heavy atom. The number of allylic oxidation sites excluding steroid dienone is 1. The van der Waals surface area contributed by atoms with E-state index in [0.29, 0.717) is 0 Å². The van der Waals surface area contributed by atoms with Crippen molar-refractivity contribution in [2.75, 3.05) is 0 Å². The molecule has 0 amide bonds. The van der Waals surface area contributed by atoms with Crippen molar-refractivity contribution in [2.24, 2.45) is 0 Å². The van der Waals surface area contributed by atoms with Gasteiger partial charge in [0.2, 0.25) is 0 Å². The number of hydrogen-bond donors (Lipinski definition) is 0. The molecule has 0 aromatic heterocycles. The first-order chi connectivity index (χ1) is 16.2. The highest BCUT2D eigenvalue weighted by molar-refractivity contribution is 5.87. The van der Waals surface area contributed by atoms with Crippen LogP contribution in [0.5, 0.6) is 0 Å². The van der Waals surface area contributed by atoms with Gasteiger partial charge in [0.1, 0.15) is 0 Å². The second-order valence-corrected chi connectivity index (χ2v) is 7.30. The molecule has 0 heterocycles. The normalized spacial score (nSPS) is 16.1. The Morgan fingerprint density at radius 2 is 0.921 bits per heavy atom. The first kappa shape index (κ1) is 35.8. The average Bonchev–Trinajstić information content (AvgIpc) is 2.68. The monoisotopic (exact) mass is 614 g/mol. The zero-order valence-electron chi connectivity index (χ0n) is 17.6. The van der Waals surface area contributed by atoms with Crippen LogP contribution in [-0.4, -0.2) is 60.0 Å². The van der Waals surface area contributed by atoms with Gasteiger partial charge in [-0.2, -0.15) is 87.8 Å². The molecule has 0 aromatic rings. The van der Waals surface area contributed by atoms with Crippen LogP contribution in [0.15, 0.2) is 11.6 Å². The Bertz CT molecular complexity index is 878. The topological polar surface area (TPSA) is 26.3 Å². The lowest BCUT2D eigenvalue weighted by molar-refractivity contribution is -0.461. The number of alkyl halides is 20. The SMILES string of the molecule is CC(=CCC(F)(F)F)C(=O)OC(F)(F)C(F)(F)C(F)(F)C(F)(F)C(F)(F)C(F)(F)C(F)(F)CCC(F)(F)F. The molecule has 0 saturated carbocycles. The fraction of sp³-hybridized carbons (Fsp3) is 0.812. The van der Waals surface area contributed by atoms with Gasteiger partial charge >= 0.3 is 60.0 Å². The first-order valence-electron chi connectivity index (χ1n) is 8.90. The zero-order chi connectivity index (χ0) is 31.2. The molecule has 0 aromatic carbocycles.